The van der Waals surface area contributed by atoms with Gasteiger partial charge in [0.2, 0.25) is 0 Å². The van der Waals surface area contributed by atoms with Crippen molar-refractivity contribution in [3.05, 3.63) is 90.0 Å². The van der Waals surface area contributed by atoms with E-state index in [1.165, 1.54) is 11.1 Å². The van der Waals surface area contributed by atoms with Crippen molar-refractivity contribution < 1.29 is 0 Å². The number of imidazole rings is 1. The Morgan fingerprint density at radius 3 is 2.40 bits per heavy atom. The van der Waals surface area contributed by atoms with Crippen molar-refractivity contribution >= 4 is 5.96 Å². The first-order valence-corrected chi connectivity index (χ1v) is 10.9. The molecule has 0 fully saturated rings. The molecule has 158 valence electrons. The first-order chi connectivity index (χ1) is 14.7. The zero-order valence-electron chi connectivity index (χ0n) is 18.1. The van der Waals surface area contributed by atoms with Crippen molar-refractivity contribution in [1.82, 2.24) is 20.2 Å². The number of hydrogen-bond acceptors (Lipinski definition) is 2. The number of aliphatic imine (C=N–C) groups is 1. The smallest absolute Gasteiger partial charge is 0.191 e. The molecule has 0 aliphatic carbocycles. The first-order valence-electron chi connectivity index (χ1n) is 10.9. The number of benzene rings is 2. The molecule has 1 atom stereocenters. The van der Waals surface area contributed by atoms with E-state index in [0.29, 0.717) is 12.6 Å². The molecule has 30 heavy (non-hydrogen) atoms. The lowest BCUT2D eigenvalue weighted by Gasteiger charge is -2.18. The Hall–Kier alpha value is -3.08. The number of nitrogens with zero attached hydrogens (tertiary/aromatic N) is 3. The lowest BCUT2D eigenvalue weighted by molar-refractivity contribution is 0.593. The van der Waals surface area contributed by atoms with Crippen LogP contribution in [-0.2, 0) is 19.4 Å². The van der Waals surface area contributed by atoms with Gasteiger partial charge in [0.15, 0.2) is 5.96 Å². The van der Waals surface area contributed by atoms with E-state index in [-0.39, 0.29) is 0 Å². The van der Waals surface area contributed by atoms with Gasteiger partial charge >= 0.3 is 0 Å². The zero-order chi connectivity index (χ0) is 21.0. The van der Waals surface area contributed by atoms with Crippen LogP contribution in [0.2, 0.25) is 0 Å². The summed E-state index contributed by atoms with van der Waals surface area (Å²) in [4.78, 5) is 9.30. The van der Waals surface area contributed by atoms with Gasteiger partial charge in [0.1, 0.15) is 5.82 Å². The minimum atomic E-state index is 0.350. The molecule has 0 bridgehead atoms. The van der Waals surface area contributed by atoms with E-state index in [2.05, 4.69) is 88.6 Å². The normalized spacial score (nSPS) is 12.5. The Morgan fingerprint density at radius 1 is 1.00 bits per heavy atom. The second kappa shape index (κ2) is 11.8. The van der Waals surface area contributed by atoms with Crippen LogP contribution in [0.4, 0.5) is 0 Å². The molecule has 1 unspecified atom stereocenters. The van der Waals surface area contributed by atoms with Gasteiger partial charge in [0, 0.05) is 44.5 Å². The zero-order valence-corrected chi connectivity index (χ0v) is 18.1. The van der Waals surface area contributed by atoms with Gasteiger partial charge in [-0.3, -0.25) is 4.99 Å². The molecule has 3 aromatic rings. The highest BCUT2D eigenvalue weighted by atomic mass is 15.2. The van der Waals surface area contributed by atoms with Gasteiger partial charge in [-0.25, -0.2) is 4.98 Å². The fourth-order valence-electron chi connectivity index (χ4n) is 3.41. The number of hydrogen-bond donors (Lipinski definition) is 2. The molecule has 2 aromatic carbocycles. The number of guanidine groups is 1. The van der Waals surface area contributed by atoms with Crippen molar-refractivity contribution in [2.75, 3.05) is 13.1 Å². The second-order valence-electron chi connectivity index (χ2n) is 7.54. The molecule has 1 heterocycles. The number of nitrogens with one attached hydrogen (secondary N) is 2. The molecule has 0 saturated carbocycles. The van der Waals surface area contributed by atoms with Crippen LogP contribution >= 0.6 is 0 Å². The van der Waals surface area contributed by atoms with Crippen LogP contribution in [0.15, 0.2) is 78.0 Å². The quantitative estimate of drug-likeness (QED) is 0.397. The molecule has 0 amide bonds. The molecular weight excluding hydrogens is 370 g/mol. The number of aromatic nitrogens is 2. The van der Waals surface area contributed by atoms with Gasteiger partial charge in [0.05, 0.1) is 0 Å². The minimum Gasteiger partial charge on any atom is -0.357 e. The summed E-state index contributed by atoms with van der Waals surface area (Å²) in [6.45, 7) is 6.70. The van der Waals surface area contributed by atoms with Gasteiger partial charge < -0.3 is 15.2 Å². The van der Waals surface area contributed by atoms with Crippen molar-refractivity contribution in [2.24, 2.45) is 4.99 Å². The van der Waals surface area contributed by atoms with Gasteiger partial charge in [-0.2, -0.15) is 0 Å². The maximum absolute atomic E-state index is 4.77. The molecule has 0 radical (unpaired) electrons. The standard InChI is InChI=1S/C25H33N5/c1-3-26-25(29-21(2)14-15-22-10-6-4-7-11-22)28-17-16-24-27-18-19-30(24)20-23-12-8-5-9-13-23/h4-13,18-19,21H,3,14-17,20H2,1-2H3,(H2,26,28,29). The van der Waals surface area contributed by atoms with Crippen LogP contribution in [0.1, 0.15) is 37.2 Å². The van der Waals surface area contributed by atoms with Crippen molar-refractivity contribution in [3.8, 4) is 0 Å². The van der Waals surface area contributed by atoms with E-state index in [9.17, 15) is 0 Å². The molecular formula is C25H33N5. The van der Waals surface area contributed by atoms with Gasteiger partial charge in [-0.15, -0.1) is 0 Å². The molecule has 0 aliphatic heterocycles. The van der Waals surface area contributed by atoms with Gasteiger partial charge in [-0.1, -0.05) is 60.7 Å². The monoisotopic (exact) mass is 403 g/mol. The highest BCUT2D eigenvalue weighted by Crippen LogP contribution is 2.07. The topological polar surface area (TPSA) is 54.2 Å². The van der Waals surface area contributed by atoms with E-state index >= 15 is 0 Å². The third-order valence-corrected chi connectivity index (χ3v) is 5.04. The number of rotatable bonds is 10. The maximum atomic E-state index is 4.77. The minimum absolute atomic E-state index is 0.350. The van der Waals surface area contributed by atoms with Gasteiger partial charge in [-0.05, 0) is 37.8 Å². The van der Waals surface area contributed by atoms with Gasteiger partial charge in [0.25, 0.3) is 0 Å². The summed E-state index contributed by atoms with van der Waals surface area (Å²) in [5.41, 5.74) is 2.65. The average molecular weight is 404 g/mol. The van der Waals surface area contributed by atoms with E-state index in [4.69, 9.17) is 4.99 Å². The molecule has 0 spiro atoms. The number of aryl methyl sites for hydroxylation is 1. The van der Waals surface area contributed by atoms with E-state index in [1.807, 2.05) is 18.5 Å². The summed E-state index contributed by atoms with van der Waals surface area (Å²) in [7, 11) is 0. The highest BCUT2D eigenvalue weighted by molar-refractivity contribution is 5.80. The predicted octanol–water partition coefficient (Wildman–Crippen LogP) is 4.05. The Kier molecular flexibility index (Phi) is 8.51. The Bertz CT molecular complexity index is 886. The molecule has 0 aliphatic rings. The van der Waals surface area contributed by atoms with Crippen LogP contribution in [0.25, 0.3) is 0 Å². The van der Waals surface area contributed by atoms with Crippen LogP contribution < -0.4 is 10.6 Å². The molecule has 5 heteroatoms. The Balaban J connectivity index is 1.50. The van der Waals surface area contributed by atoms with Crippen molar-refractivity contribution in [3.63, 3.8) is 0 Å². The first kappa shape index (κ1) is 21.6. The SMILES string of the molecule is CCNC(=NCCc1nccn1Cc1ccccc1)NC(C)CCc1ccccc1. The van der Waals surface area contributed by atoms with Crippen LogP contribution in [-0.4, -0.2) is 34.6 Å². The summed E-state index contributed by atoms with van der Waals surface area (Å²) >= 11 is 0. The van der Waals surface area contributed by atoms with Crippen LogP contribution in [0, 0.1) is 0 Å². The molecule has 3 rings (SSSR count). The second-order valence-corrected chi connectivity index (χ2v) is 7.54. The highest BCUT2D eigenvalue weighted by Gasteiger charge is 2.07. The van der Waals surface area contributed by atoms with E-state index in [0.717, 1.165) is 44.1 Å². The summed E-state index contributed by atoms with van der Waals surface area (Å²) in [5, 5.41) is 6.89. The van der Waals surface area contributed by atoms with E-state index < -0.39 is 0 Å². The summed E-state index contributed by atoms with van der Waals surface area (Å²) < 4.78 is 2.20. The summed E-state index contributed by atoms with van der Waals surface area (Å²) in [5.74, 6) is 1.94. The average Bonchev–Trinajstić information content (AvgIpc) is 3.20. The molecule has 5 nitrogen and oxygen atoms in total. The summed E-state index contributed by atoms with van der Waals surface area (Å²) in [6, 6.07) is 21.5. The Morgan fingerprint density at radius 2 is 1.70 bits per heavy atom. The molecule has 1 aromatic heterocycles. The lowest BCUT2D eigenvalue weighted by Crippen LogP contribution is -2.42. The van der Waals surface area contributed by atoms with Crippen molar-refractivity contribution in [2.45, 2.75) is 45.7 Å². The largest absolute Gasteiger partial charge is 0.357 e. The Labute approximate surface area is 180 Å². The predicted molar refractivity (Wildman–Crippen MR) is 125 cm³/mol. The summed E-state index contributed by atoms with van der Waals surface area (Å²) in [6.07, 6.45) is 6.86. The van der Waals surface area contributed by atoms with Crippen LogP contribution in [0.3, 0.4) is 0 Å². The molecule has 0 saturated heterocycles. The fraction of sp³-hybridized carbons (Fsp3) is 0.360. The maximum Gasteiger partial charge on any atom is 0.191 e. The van der Waals surface area contributed by atoms with E-state index in [1.54, 1.807) is 0 Å². The van der Waals surface area contributed by atoms with Crippen LogP contribution in [0.5, 0.6) is 0 Å². The lowest BCUT2D eigenvalue weighted by atomic mass is 10.1. The molecule has 2 N–H and O–H groups in total. The third-order valence-electron chi connectivity index (χ3n) is 5.04. The fourth-order valence-corrected chi connectivity index (χ4v) is 3.41. The third kappa shape index (κ3) is 7.07. The van der Waals surface area contributed by atoms with Crippen molar-refractivity contribution in [1.29, 1.82) is 0 Å².